The van der Waals surface area contributed by atoms with Crippen LogP contribution in [-0.2, 0) is 4.74 Å². The molecule has 2 aliphatic heterocycles. The van der Waals surface area contributed by atoms with Crippen molar-refractivity contribution < 1.29 is 19.1 Å². The van der Waals surface area contributed by atoms with E-state index in [1.807, 2.05) is 30.6 Å². The quantitative estimate of drug-likeness (QED) is 0.658. The van der Waals surface area contributed by atoms with E-state index in [2.05, 4.69) is 14.3 Å². The number of aromatic hydroxyl groups is 1. The van der Waals surface area contributed by atoms with Gasteiger partial charge < -0.3 is 19.2 Å². The van der Waals surface area contributed by atoms with Crippen molar-refractivity contribution in [1.82, 2.24) is 19.2 Å². The first kappa shape index (κ1) is 19.1. The highest BCUT2D eigenvalue weighted by molar-refractivity contribution is 7.09. The van der Waals surface area contributed by atoms with Crippen LogP contribution in [0.2, 0.25) is 0 Å². The van der Waals surface area contributed by atoms with Gasteiger partial charge in [-0.3, -0.25) is 4.90 Å². The molecule has 2 aromatic heterocycles. The van der Waals surface area contributed by atoms with Crippen molar-refractivity contribution in [3.8, 4) is 16.3 Å². The lowest BCUT2D eigenvalue weighted by atomic mass is 10.2. The molecular weight excluding hydrogens is 406 g/mol. The minimum absolute atomic E-state index is 0.0462. The van der Waals surface area contributed by atoms with E-state index in [1.165, 1.54) is 17.9 Å². The normalized spacial score (nSPS) is 21.4. The summed E-state index contributed by atoms with van der Waals surface area (Å²) in [5.41, 5.74) is 1.12. The number of hydrogen-bond acceptors (Lipinski definition) is 9. The molecule has 0 radical (unpaired) electrons. The van der Waals surface area contributed by atoms with Crippen molar-refractivity contribution in [1.29, 1.82) is 0 Å². The second-order valence-corrected chi connectivity index (χ2v) is 9.51. The number of carbonyl (C=O) groups excluding carboxylic acids is 1. The zero-order chi connectivity index (χ0) is 21.0. The molecule has 2 unspecified atom stereocenters. The monoisotopic (exact) mass is 429 g/mol. The van der Waals surface area contributed by atoms with Crippen molar-refractivity contribution in [2.45, 2.75) is 51.3 Å². The molecular formula is C20H23N5O4S. The minimum atomic E-state index is -0.521. The second-order valence-electron chi connectivity index (χ2n) is 8.73. The molecule has 10 heteroatoms. The van der Waals surface area contributed by atoms with Gasteiger partial charge in [0.1, 0.15) is 22.7 Å². The maximum absolute atomic E-state index is 12.7. The summed E-state index contributed by atoms with van der Waals surface area (Å²) in [7, 11) is 0. The number of rotatable bonds is 2. The number of phenols is 1. The van der Waals surface area contributed by atoms with Crippen molar-refractivity contribution in [2.24, 2.45) is 0 Å². The zero-order valence-corrected chi connectivity index (χ0v) is 17.8. The van der Waals surface area contributed by atoms with Gasteiger partial charge in [-0.25, -0.2) is 9.78 Å². The number of fused-ring (bicyclic) bond motifs is 3. The van der Waals surface area contributed by atoms with Crippen LogP contribution in [0, 0.1) is 0 Å². The van der Waals surface area contributed by atoms with Gasteiger partial charge in [0, 0.05) is 13.1 Å². The lowest BCUT2D eigenvalue weighted by molar-refractivity contribution is 0.0120. The van der Waals surface area contributed by atoms with Crippen LogP contribution in [0.1, 0.15) is 33.6 Å². The van der Waals surface area contributed by atoms with Gasteiger partial charge in [0.15, 0.2) is 11.1 Å². The number of nitrogens with zero attached hydrogens (tertiary/aromatic N) is 5. The Kier molecular flexibility index (Phi) is 4.35. The summed E-state index contributed by atoms with van der Waals surface area (Å²) in [6.07, 6.45) is 3.07. The molecule has 1 amide bonds. The lowest BCUT2D eigenvalue weighted by Crippen LogP contribution is -2.56. The molecule has 2 saturated heterocycles. The van der Waals surface area contributed by atoms with Crippen LogP contribution >= 0.6 is 11.5 Å². The van der Waals surface area contributed by atoms with Crippen LogP contribution < -0.4 is 4.90 Å². The molecule has 2 atom stereocenters. The standard InChI is InChI=1S/C20H23N5O4S/c1-20(2,3)29-19(27)25-11-4-5-12(25)9-24(8-11)18-23-15-14(26)7-6-13(16(15)28-18)17-21-10-22-30-17/h6-7,10-12,26H,4-5,8-9H2,1-3H3. The number of aromatic nitrogens is 3. The van der Waals surface area contributed by atoms with Gasteiger partial charge >= 0.3 is 6.09 Å². The van der Waals surface area contributed by atoms with E-state index in [9.17, 15) is 9.90 Å². The average Bonchev–Trinajstić information content (AvgIpc) is 3.39. The Morgan fingerprint density at radius 2 is 2.00 bits per heavy atom. The molecule has 1 N–H and O–H groups in total. The molecule has 3 aromatic rings. The van der Waals surface area contributed by atoms with Gasteiger partial charge in [-0.05, 0) is 57.3 Å². The third-order valence-electron chi connectivity index (χ3n) is 5.46. The number of hydrogen-bond donors (Lipinski definition) is 1. The third-order valence-corrected chi connectivity index (χ3v) is 6.16. The number of benzene rings is 1. The fraction of sp³-hybridized carbons (Fsp3) is 0.500. The highest BCUT2D eigenvalue weighted by Gasteiger charge is 2.45. The van der Waals surface area contributed by atoms with Crippen LogP contribution in [0.25, 0.3) is 21.7 Å². The second kappa shape index (κ2) is 6.83. The molecule has 1 aromatic carbocycles. The van der Waals surface area contributed by atoms with Gasteiger partial charge in [0.25, 0.3) is 6.01 Å². The summed E-state index contributed by atoms with van der Waals surface area (Å²) in [6.45, 7) is 6.85. The largest absolute Gasteiger partial charge is 0.506 e. The van der Waals surface area contributed by atoms with E-state index in [4.69, 9.17) is 9.15 Å². The highest BCUT2D eigenvalue weighted by Crippen LogP contribution is 2.39. The van der Waals surface area contributed by atoms with E-state index < -0.39 is 5.60 Å². The number of phenolic OH excluding ortho intramolecular Hbond substituents is 1. The van der Waals surface area contributed by atoms with Gasteiger partial charge in [-0.15, -0.1) is 0 Å². The number of piperazine rings is 1. The van der Waals surface area contributed by atoms with Crippen LogP contribution in [0.3, 0.4) is 0 Å². The van der Waals surface area contributed by atoms with E-state index >= 15 is 0 Å². The van der Waals surface area contributed by atoms with Crippen LogP contribution in [0.5, 0.6) is 5.75 Å². The summed E-state index contributed by atoms with van der Waals surface area (Å²) in [5.74, 6) is 0.0589. The summed E-state index contributed by atoms with van der Waals surface area (Å²) in [5, 5.41) is 11.0. The molecule has 0 spiro atoms. The summed E-state index contributed by atoms with van der Waals surface area (Å²) in [6, 6.07) is 3.89. The molecule has 2 fully saturated rings. The number of ether oxygens (including phenoxy) is 1. The van der Waals surface area contributed by atoms with Gasteiger partial charge in [-0.2, -0.15) is 9.36 Å². The molecule has 2 aliphatic rings. The Morgan fingerprint density at radius 3 is 2.63 bits per heavy atom. The smallest absolute Gasteiger partial charge is 0.410 e. The molecule has 0 saturated carbocycles. The van der Waals surface area contributed by atoms with E-state index in [-0.39, 0.29) is 23.9 Å². The van der Waals surface area contributed by atoms with Crippen LogP contribution in [0.15, 0.2) is 22.9 Å². The summed E-state index contributed by atoms with van der Waals surface area (Å²) in [4.78, 5) is 25.4. The Balaban J connectivity index is 1.43. The number of oxazole rings is 1. The zero-order valence-electron chi connectivity index (χ0n) is 17.0. The molecule has 4 heterocycles. The SMILES string of the molecule is CC(C)(C)OC(=O)N1C2CCC1CN(c1nc3c(O)ccc(-c4ncns4)c3o1)C2. The molecule has 9 nitrogen and oxygen atoms in total. The first-order valence-electron chi connectivity index (χ1n) is 9.96. The number of carbonyl (C=O) groups is 1. The van der Waals surface area contributed by atoms with Crippen molar-refractivity contribution in [3.05, 3.63) is 18.5 Å². The van der Waals surface area contributed by atoms with E-state index in [0.29, 0.717) is 35.2 Å². The Morgan fingerprint density at radius 1 is 1.27 bits per heavy atom. The van der Waals surface area contributed by atoms with Gasteiger partial charge in [0.05, 0.1) is 17.6 Å². The maximum Gasteiger partial charge on any atom is 0.410 e. The summed E-state index contributed by atoms with van der Waals surface area (Å²) < 4.78 is 15.8. The predicted octanol–water partition coefficient (Wildman–Crippen LogP) is 3.64. The van der Waals surface area contributed by atoms with Gasteiger partial charge in [0.2, 0.25) is 0 Å². The fourth-order valence-electron chi connectivity index (χ4n) is 4.25. The number of amides is 1. The molecule has 30 heavy (non-hydrogen) atoms. The Labute approximate surface area is 177 Å². The van der Waals surface area contributed by atoms with E-state index in [1.54, 1.807) is 12.1 Å². The fourth-order valence-corrected chi connectivity index (χ4v) is 4.80. The van der Waals surface area contributed by atoms with Crippen LogP contribution in [0.4, 0.5) is 10.8 Å². The molecule has 2 bridgehead atoms. The first-order chi connectivity index (χ1) is 14.3. The highest BCUT2D eigenvalue weighted by atomic mass is 32.1. The maximum atomic E-state index is 12.7. The summed E-state index contributed by atoms with van der Waals surface area (Å²) >= 11 is 1.26. The first-order valence-corrected chi connectivity index (χ1v) is 10.7. The molecule has 0 aliphatic carbocycles. The topological polar surface area (TPSA) is 105 Å². The van der Waals surface area contributed by atoms with Crippen LogP contribution in [-0.4, -0.2) is 61.2 Å². The van der Waals surface area contributed by atoms with Gasteiger partial charge in [-0.1, -0.05) is 0 Å². The van der Waals surface area contributed by atoms with Crippen molar-refractivity contribution in [2.75, 3.05) is 18.0 Å². The average molecular weight is 430 g/mol. The number of anilines is 1. The van der Waals surface area contributed by atoms with Crippen molar-refractivity contribution >= 4 is 34.7 Å². The lowest BCUT2D eigenvalue weighted by Gasteiger charge is -2.40. The minimum Gasteiger partial charge on any atom is -0.506 e. The van der Waals surface area contributed by atoms with Crippen molar-refractivity contribution in [3.63, 3.8) is 0 Å². The predicted molar refractivity (Wildman–Crippen MR) is 112 cm³/mol. The Bertz CT molecular complexity index is 1080. The third kappa shape index (κ3) is 3.24. The van der Waals surface area contributed by atoms with E-state index in [0.717, 1.165) is 18.4 Å². The molecule has 5 rings (SSSR count). The Hall–Kier alpha value is -2.88. The molecule has 158 valence electrons.